The maximum atomic E-state index is 10.9. The van der Waals surface area contributed by atoms with Crippen LogP contribution in [0.5, 0.6) is 0 Å². The van der Waals surface area contributed by atoms with Gasteiger partial charge in [0.25, 0.3) is 0 Å². The largest absolute Gasteiger partial charge is 0.480 e. The number of nitrogens with zero attached hydrogens (tertiary/aromatic N) is 1. The van der Waals surface area contributed by atoms with Crippen molar-refractivity contribution in [2.75, 3.05) is 5.32 Å². The van der Waals surface area contributed by atoms with Gasteiger partial charge in [-0.15, -0.1) is 0 Å². The van der Waals surface area contributed by atoms with Crippen molar-refractivity contribution < 1.29 is 9.90 Å². The van der Waals surface area contributed by atoms with Gasteiger partial charge in [-0.25, -0.2) is 9.78 Å². The van der Waals surface area contributed by atoms with Gasteiger partial charge in [0.1, 0.15) is 11.9 Å². The smallest absolute Gasteiger partial charge is 0.326 e. The molecule has 4 nitrogen and oxygen atoms in total. The van der Waals surface area contributed by atoms with Gasteiger partial charge in [0.05, 0.1) is 0 Å². The van der Waals surface area contributed by atoms with Gasteiger partial charge in [-0.05, 0) is 40.6 Å². The lowest BCUT2D eigenvalue weighted by atomic mass is 10.1. The predicted octanol–water partition coefficient (Wildman–Crippen LogP) is 2.21. The molecule has 0 aliphatic rings. The highest BCUT2D eigenvalue weighted by Crippen LogP contribution is 2.12. The van der Waals surface area contributed by atoms with Crippen LogP contribution in [0.2, 0.25) is 0 Å². The number of carboxylic acids is 1. The summed E-state index contributed by atoms with van der Waals surface area (Å²) in [6.07, 6.45) is 1.70. The molecule has 0 radical (unpaired) electrons. The van der Waals surface area contributed by atoms with Crippen LogP contribution in [0.3, 0.4) is 0 Å². The van der Waals surface area contributed by atoms with Crippen LogP contribution in [0.25, 0.3) is 0 Å². The minimum absolute atomic E-state index is 0.0172. The molecule has 15 heavy (non-hydrogen) atoms. The number of aliphatic carboxylic acids is 1. The summed E-state index contributed by atoms with van der Waals surface area (Å²) in [5.41, 5.74) is 0. The van der Waals surface area contributed by atoms with Gasteiger partial charge in [-0.3, -0.25) is 0 Å². The zero-order valence-corrected chi connectivity index (χ0v) is 10.7. The summed E-state index contributed by atoms with van der Waals surface area (Å²) in [4.78, 5) is 15.0. The van der Waals surface area contributed by atoms with Gasteiger partial charge in [-0.1, -0.05) is 13.8 Å². The van der Waals surface area contributed by atoms with Gasteiger partial charge >= 0.3 is 5.97 Å². The van der Waals surface area contributed by atoms with E-state index in [1.807, 2.05) is 19.9 Å². The maximum absolute atomic E-state index is 10.9. The Morgan fingerprint density at radius 3 is 2.60 bits per heavy atom. The third-order valence-electron chi connectivity index (χ3n) is 1.96. The molecular formula is C10H13IN2O2. The number of rotatable bonds is 4. The number of hydrogen-bond acceptors (Lipinski definition) is 3. The van der Waals surface area contributed by atoms with Crippen molar-refractivity contribution in [2.24, 2.45) is 5.92 Å². The van der Waals surface area contributed by atoms with E-state index < -0.39 is 12.0 Å². The molecule has 0 unspecified atom stereocenters. The molecular weight excluding hydrogens is 307 g/mol. The first-order valence-corrected chi connectivity index (χ1v) is 5.69. The van der Waals surface area contributed by atoms with Crippen LogP contribution >= 0.6 is 22.6 Å². The third-order valence-corrected chi connectivity index (χ3v) is 2.60. The van der Waals surface area contributed by atoms with Gasteiger partial charge in [0, 0.05) is 9.77 Å². The van der Waals surface area contributed by atoms with E-state index in [1.165, 1.54) is 0 Å². The first-order chi connectivity index (χ1) is 7.00. The summed E-state index contributed by atoms with van der Waals surface area (Å²) >= 11 is 2.15. The number of aromatic nitrogens is 1. The fourth-order valence-electron chi connectivity index (χ4n) is 1.13. The normalized spacial score (nSPS) is 12.5. The summed E-state index contributed by atoms with van der Waals surface area (Å²) in [6.45, 7) is 3.72. The highest BCUT2D eigenvalue weighted by Gasteiger charge is 2.21. The average molecular weight is 320 g/mol. The quantitative estimate of drug-likeness (QED) is 0.835. The van der Waals surface area contributed by atoms with Crippen LogP contribution < -0.4 is 5.32 Å². The van der Waals surface area contributed by atoms with Crippen LogP contribution in [0.1, 0.15) is 13.8 Å². The van der Waals surface area contributed by atoms with Crippen molar-refractivity contribution in [1.82, 2.24) is 4.98 Å². The summed E-state index contributed by atoms with van der Waals surface area (Å²) in [5.74, 6) is -0.245. The van der Waals surface area contributed by atoms with Gasteiger partial charge in [0.2, 0.25) is 0 Å². The first kappa shape index (κ1) is 12.2. The van der Waals surface area contributed by atoms with Crippen molar-refractivity contribution in [3.63, 3.8) is 0 Å². The Labute approximate surface area is 102 Å². The fraction of sp³-hybridized carbons (Fsp3) is 0.400. The molecule has 82 valence electrons. The lowest BCUT2D eigenvalue weighted by Gasteiger charge is -2.18. The van der Waals surface area contributed by atoms with Crippen molar-refractivity contribution in [3.05, 3.63) is 21.9 Å². The maximum Gasteiger partial charge on any atom is 0.326 e. The molecule has 1 heterocycles. The molecule has 0 aliphatic carbocycles. The molecule has 0 bridgehead atoms. The van der Waals surface area contributed by atoms with Crippen molar-refractivity contribution in [2.45, 2.75) is 19.9 Å². The Kier molecular flexibility index (Phi) is 4.31. The second-order valence-electron chi connectivity index (χ2n) is 3.57. The summed E-state index contributed by atoms with van der Waals surface area (Å²) in [5, 5.41) is 11.9. The molecule has 0 amide bonds. The van der Waals surface area contributed by atoms with E-state index in [0.717, 1.165) is 3.57 Å². The van der Waals surface area contributed by atoms with E-state index >= 15 is 0 Å². The third kappa shape index (κ3) is 3.65. The number of carboxylic acid groups (broad SMARTS) is 1. The molecule has 1 aromatic heterocycles. The second kappa shape index (κ2) is 5.29. The molecule has 5 heteroatoms. The van der Waals surface area contributed by atoms with E-state index in [0.29, 0.717) is 5.82 Å². The van der Waals surface area contributed by atoms with E-state index in [9.17, 15) is 4.79 Å². The predicted molar refractivity (Wildman–Crippen MR) is 66.8 cm³/mol. The second-order valence-corrected chi connectivity index (χ2v) is 4.81. The van der Waals surface area contributed by atoms with Crippen molar-refractivity contribution >= 4 is 34.4 Å². The zero-order chi connectivity index (χ0) is 11.4. The highest BCUT2D eigenvalue weighted by atomic mass is 127. The van der Waals surface area contributed by atoms with E-state index in [4.69, 9.17) is 5.11 Å². The summed E-state index contributed by atoms with van der Waals surface area (Å²) in [6, 6.07) is 3.06. The summed E-state index contributed by atoms with van der Waals surface area (Å²) in [7, 11) is 0. The Bertz CT molecular complexity index is 338. The molecule has 0 saturated carbocycles. The Balaban J connectivity index is 2.74. The minimum atomic E-state index is -0.856. The zero-order valence-electron chi connectivity index (χ0n) is 8.57. The van der Waals surface area contributed by atoms with Crippen molar-refractivity contribution in [3.8, 4) is 0 Å². The molecule has 1 atom stereocenters. The van der Waals surface area contributed by atoms with Gasteiger partial charge < -0.3 is 10.4 Å². The number of anilines is 1. The van der Waals surface area contributed by atoms with Crippen molar-refractivity contribution in [1.29, 1.82) is 0 Å². The highest BCUT2D eigenvalue weighted by molar-refractivity contribution is 14.1. The lowest BCUT2D eigenvalue weighted by Crippen LogP contribution is -2.34. The van der Waals surface area contributed by atoms with Crippen LogP contribution in [0, 0.1) is 9.49 Å². The number of pyridine rings is 1. The molecule has 1 rings (SSSR count). The Morgan fingerprint density at radius 1 is 1.53 bits per heavy atom. The molecule has 0 aliphatic heterocycles. The Morgan fingerprint density at radius 2 is 2.20 bits per heavy atom. The van der Waals surface area contributed by atoms with E-state index in [2.05, 4.69) is 32.9 Å². The lowest BCUT2D eigenvalue weighted by molar-refractivity contribution is -0.138. The molecule has 2 N–H and O–H groups in total. The number of hydrogen-bond donors (Lipinski definition) is 2. The molecule has 0 spiro atoms. The van der Waals surface area contributed by atoms with Gasteiger partial charge in [0.15, 0.2) is 0 Å². The molecule has 0 saturated heterocycles. The molecule has 1 aromatic rings. The fourth-order valence-corrected chi connectivity index (χ4v) is 1.45. The SMILES string of the molecule is CC(C)[C@H](Nc1ccc(I)cn1)C(=O)O. The molecule has 0 fully saturated rings. The number of nitrogens with one attached hydrogen (secondary N) is 1. The van der Waals surface area contributed by atoms with Crippen LogP contribution in [-0.2, 0) is 4.79 Å². The topological polar surface area (TPSA) is 62.2 Å². The van der Waals surface area contributed by atoms with E-state index in [-0.39, 0.29) is 5.92 Å². The Hall–Kier alpha value is -0.850. The van der Waals surface area contributed by atoms with E-state index in [1.54, 1.807) is 12.3 Å². The number of carbonyl (C=O) groups is 1. The standard InChI is InChI=1S/C10H13IN2O2/c1-6(2)9(10(14)15)13-8-4-3-7(11)5-12-8/h3-6,9H,1-2H3,(H,12,13)(H,14,15)/t9-/m0/s1. The van der Waals surface area contributed by atoms with Gasteiger partial charge in [-0.2, -0.15) is 0 Å². The van der Waals surface area contributed by atoms with Crippen LogP contribution in [0.4, 0.5) is 5.82 Å². The summed E-state index contributed by atoms with van der Waals surface area (Å²) < 4.78 is 1.02. The first-order valence-electron chi connectivity index (χ1n) is 4.61. The number of halogens is 1. The monoisotopic (exact) mass is 320 g/mol. The minimum Gasteiger partial charge on any atom is -0.480 e. The molecule has 0 aromatic carbocycles. The van der Waals surface area contributed by atoms with Crippen LogP contribution in [-0.4, -0.2) is 22.1 Å². The average Bonchev–Trinajstić information content (AvgIpc) is 2.15. The van der Waals surface area contributed by atoms with Crippen LogP contribution in [0.15, 0.2) is 18.3 Å².